The Morgan fingerprint density at radius 1 is 0.976 bits per heavy atom. The molecular weight excluding hydrogens is 544 g/mol. The van der Waals surface area contributed by atoms with E-state index in [0.717, 1.165) is 24.2 Å². The van der Waals surface area contributed by atoms with Crippen molar-refractivity contribution >= 4 is 11.9 Å². The number of hydrogen-bond acceptors (Lipinski definition) is 9. The highest BCUT2D eigenvalue weighted by Gasteiger charge is 2.13. The molecule has 1 heterocycles. The summed E-state index contributed by atoms with van der Waals surface area (Å²) in [6.45, 7) is 4.96. The standard InChI is InChI=1S/C20H24N2O4.C10H12O5.CH4/c1-4-5-6-9-25-17-11-16(20(23)24)12-18(13-17)26-10-7-8-19-14(2)21-22-15(19)3;1-13-6-15-7-3-4-9(11)8(5-7)10(12)14-2;/h1,11-13H,5-10H2,2-3H3,(H,21,22)(H,23,24);3-5,11H,6H2,1-2H3;1H4. The number of H-pyrrole nitrogens is 1. The number of terminal acetylenes is 1. The third-order valence-electron chi connectivity index (χ3n) is 5.70. The second kappa shape index (κ2) is 18.6. The minimum absolute atomic E-state index is 0. The van der Waals surface area contributed by atoms with Gasteiger partial charge in [0.25, 0.3) is 0 Å². The number of nitrogens with one attached hydrogen (secondary N) is 1. The summed E-state index contributed by atoms with van der Waals surface area (Å²) in [5.74, 6) is 2.14. The Morgan fingerprint density at radius 3 is 2.19 bits per heavy atom. The maximum absolute atomic E-state index is 11.3. The summed E-state index contributed by atoms with van der Waals surface area (Å²) < 4.78 is 25.6. The SMILES string of the molecule is C.C#CCCCOc1cc(OCCCc2c(C)n[nH]c2C)cc(C(=O)O)c1.COCOc1ccc(O)c(C(=O)OC)c1. The molecule has 0 aliphatic heterocycles. The lowest BCUT2D eigenvalue weighted by molar-refractivity contribution is 0.0502. The number of aromatic nitrogens is 2. The smallest absolute Gasteiger partial charge is 0.341 e. The number of ether oxygens (including phenoxy) is 5. The number of aromatic carboxylic acids is 1. The Bertz CT molecular complexity index is 1310. The lowest BCUT2D eigenvalue weighted by Gasteiger charge is -2.11. The van der Waals surface area contributed by atoms with Gasteiger partial charge in [0, 0.05) is 25.3 Å². The molecule has 0 saturated carbocycles. The minimum Gasteiger partial charge on any atom is -0.507 e. The van der Waals surface area contributed by atoms with E-state index in [1.54, 1.807) is 6.07 Å². The van der Waals surface area contributed by atoms with Crippen LogP contribution in [0.4, 0.5) is 0 Å². The van der Waals surface area contributed by atoms with Gasteiger partial charge in [0.05, 0.1) is 31.6 Å². The number of aromatic hydroxyl groups is 1. The number of carboxylic acid groups (broad SMARTS) is 1. The quantitative estimate of drug-likeness (QED) is 0.0982. The summed E-state index contributed by atoms with van der Waals surface area (Å²) in [5, 5.41) is 25.8. The number of benzene rings is 2. The molecule has 42 heavy (non-hydrogen) atoms. The van der Waals surface area contributed by atoms with Crippen molar-refractivity contribution in [2.24, 2.45) is 0 Å². The first-order valence-corrected chi connectivity index (χ1v) is 12.8. The van der Waals surface area contributed by atoms with Gasteiger partial charge in [-0.15, -0.1) is 12.3 Å². The molecule has 2 aromatic carbocycles. The van der Waals surface area contributed by atoms with Crippen LogP contribution in [0.3, 0.4) is 0 Å². The second-order valence-corrected chi connectivity index (χ2v) is 8.74. The van der Waals surface area contributed by atoms with Crippen molar-refractivity contribution in [1.29, 1.82) is 0 Å². The summed E-state index contributed by atoms with van der Waals surface area (Å²) in [7, 11) is 2.73. The highest BCUT2D eigenvalue weighted by atomic mass is 16.7. The number of carboxylic acids is 1. The number of carbonyl (C=O) groups is 2. The first-order chi connectivity index (χ1) is 19.7. The predicted molar refractivity (Wildman–Crippen MR) is 158 cm³/mol. The number of esters is 1. The molecule has 0 amide bonds. The molecule has 228 valence electrons. The molecule has 3 rings (SSSR count). The third kappa shape index (κ3) is 11.4. The Balaban J connectivity index is 0.000000471. The molecule has 0 aliphatic rings. The zero-order chi connectivity index (χ0) is 30.2. The lowest BCUT2D eigenvalue weighted by Crippen LogP contribution is -2.04. The summed E-state index contributed by atoms with van der Waals surface area (Å²) in [4.78, 5) is 22.5. The normalized spacial score (nSPS) is 9.88. The van der Waals surface area contributed by atoms with Gasteiger partial charge < -0.3 is 33.9 Å². The van der Waals surface area contributed by atoms with E-state index in [1.165, 1.54) is 50.1 Å². The number of methoxy groups -OCH3 is 2. The van der Waals surface area contributed by atoms with E-state index in [1.807, 2.05) is 13.8 Å². The van der Waals surface area contributed by atoms with Gasteiger partial charge in [0.15, 0.2) is 6.79 Å². The van der Waals surface area contributed by atoms with Gasteiger partial charge >= 0.3 is 11.9 Å². The number of aromatic amines is 1. The average Bonchev–Trinajstić information content (AvgIpc) is 3.29. The van der Waals surface area contributed by atoms with E-state index in [0.29, 0.717) is 43.3 Å². The molecule has 0 aliphatic carbocycles. The van der Waals surface area contributed by atoms with Crippen LogP contribution in [-0.4, -0.2) is 66.6 Å². The molecule has 0 unspecified atom stereocenters. The number of unbranched alkanes of at least 4 members (excludes halogenated alkanes) is 1. The van der Waals surface area contributed by atoms with Gasteiger partial charge in [0.1, 0.15) is 28.6 Å². The first kappa shape index (κ1) is 35.3. The topological polar surface area (TPSA) is 149 Å². The van der Waals surface area contributed by atoms with Crippen molar-refractivity contribution in [2.75, 3.05) is 34.2 Å². The van der Waals surface area contributed by atoms with Crippen LogP contribution in [0.15, 0.2) is 36.4 Å². The average molecular weight is 585 g/mol. The van der Waals surface area contributed by atoms with Crippen LogP contribution in [0.2, 0.25) is 0 Å². The van der Waals surface area contributed by atoms with Gasteiger partial charge in [-0.2, -0.15) is 5.10 Å². The van der Waals surface area contributed by atoms with E-state index < -0.39 is 11.9 Å². The molecule has 11 heteroatoms. The molecule has 0 saturated heterocycles. The zero-order valence-electron chi connectivity index (χ0n) is 23.7. The molecule has 1 aromatic heterocycles. The fourth-order valence-corrected chi connectivity index (χ4v) is 3.61. The Hall–Kier alpha value is -4.69. The highest BCUT2D eigenvalue weighted by molar-refractivity contribution is 5.92. The molecule has 0 bridgehead atoms. The number of phenolic OH excluding ortho intramolecular Hbond substituents is 1. The van der Waals surface area contributed by atoms with Crippen molar-refractivity contribution in [3.8, 4) is 35.3 Å². The van der Waals surface area contributed by atoms with Crippen LogP contribution in [0, 0.1) is 26.2 Å². The molecule has 0 radical (unpaired) electrons. The van der Waals surface area contributed by atoms with Crippen LogP contribution < -0.4 is 14.2 Å². The number of carbonyl (C=O) groups excluding carboxylic acids is 1. The summed E-state index contributed by atoms with van der Waals surface area (Å²) in [6, 6.07) is 8.98. The van der Waals surface area contributed by atoms with E-state index in [2.05, 4.69) is 20.9 Å². The van der Waals surface area contributed by atoms with Crippen LogP contribution >= 0.6 is 0 Å². The molecule has 3 aromatic rings. The molecule has 3 N–H and O–H groups in total. The van der Waals surface area contributed by atoms with Crippen molar-refractivity contribution < 1.29 is 43.5 Å². The molecule has 0 spiro atoms. The first-order valence-electron chi connectivity index (χ1n) is 12.8. The van der Waals surface area contributed by atoms with Crippen molar-refractivity contribution in [3.05, 3.63) is 64.5 Å². The fraction of sp³-hybridized carbons (Fsp3) is 0.387. The maximum Gasteiger partial charge on any atom is 0.341 e. The largest absolute Gasteiger partial charge is 0.507 e. The third-order valence-corrected chi connectivity index (χ3v) is 5.70. The number of nitrogens with zero attached hydrogens (tertiary/aromatic N) is 1. The predicted octanol–water partition coefficient (Wildman–Crippen LogP) is 5.33. The van der Waals surface area contributed by atoms with Gasteiger partial charge in [-0.1, -0.05) is 7.43 Å². The Kier molecular flexibility index (Phi) is 15.7. The van der Waals surface area contributed by atoms with Gasteiger partial charge in [-0.05, 0) is 69.0 Å². The van der Waals surface area contributed by atoms with E-state index >= 15 is 0 Å². The molecular formula is C31H40N2O9. The highest BCUT2D eigenvalue weighted by Crippen LogP contribution is 2.25. The summed E-state index contributed by atoms with van der Waals surface area (Å²) in [6.07, 6.45) is 8.20. The number of rotatable bonds is 14. The van der Waals surface area contributed by atoms with Crippen molar-refractivity contribution in [1.82, 2.24) is 10.2 Å². The Morgan fingerprint density at radius 2 is 1.64 bits per heavy atom. The Labute approximate surface area is 246 Å². The van der Waals surface area contributed by atoms with Gasteiger partial charge in [0.2, 0.25) is 0 Å². The maximum atomic E-state index is 11.3. The van der Waals surface area contributed by atoms with Gasteiger partial charge in [-0.25, -0.2) is 9.59 Å². The fourth-order valence-electron chi connectivity index (χ4n) is 3.61. The summed E-state index contributed by atoms with van der Waals surface area (Å²) >= 11 is 0. The van der Waals surface area contributed by atoms with Crippen LogP contribution in [0.25, 0.3) is 0 Å². The lowest BCUT2D eigenvalue weighted by atomic mass is 10.1. The molecule has 0 atom stereocenters. The number of aryl methyl sites for hydroxylation is 2. The number of hydrogen-bond donors (Lipinski definition) is 3. The van der Waals surface area contributed by atoms with E-state index in [4.69, 9.17) is 25.4 Å². The molecule has 0 fully saturated rings. The minimum atomic E-state index is -1.02. The van der Waals surface area contributed by atoms with E-state index in [-0.39, 0.29) is 31.1 Å². The van der Waals surface area contributed by atoms with Crippen LogP contribution in [-0.2, 0) is 15.9 Å². The molecule has 11 nitrogen and oxygen atoms in total. The monoisotopic (exact) mass is 584 g/mol. The summed E-state index contributed by atoms with van der Waals surface area (Å²) in [5.41, 5.74) is 3.46. The second-order valence-electron chi connectivity index (χ2n) is 8.74. The van der Waals surface area contributed by atoms with Crippen LogP contribution in [0.1, 0.15) is 64.4 Å². The van der Waals surface area contributed by atoms with E-state index in [9.17, 15) is 19.8 Å². The van der Waals surface area contributed by atoms with Crippen LogP contribution in [0.5, 0.6) is 23.0 Å². The van der Waals surface area contributed by atoms with Gasteiger partial charge in [-0.3, -0.25) is 5.10 Å². The number of phenols is 1. The van der Waals surface area contributed by atoms with Crippen molar-refractivity contribution in [3.63, 3.8) is 0 Å². The zero-order valence-corrected chi connectivity index (χ0v) is 23.7. The van der Waals surface area contributed by atoms with Crippen molar-refractivity contribution in [2.45, 2.75) is 47.0 Å².